The minimum Gasteiger partial charge on any atom is -0.490 e. The number of amides is 1. The third kappa shape index (κ3) is 4.98. The standard InChI is InChI=1S/C23H28N2O5/c1-4-29-23(28)20-11-17(25-13-16-7-5-6-8-19(16)22(25)27)9-10-21(20)30-14-18(26)12-24-15(2)3/h5-11,15,18,24,26H,4,12-14H2,1-3H3. The van der Waals surface area contributed by atoms with E-state index in [0.29, 0.717) is 30.1 Å². The molecule has 2 aromatic carbocycles. The van der Waals surface area contributed by atoms with Crippen LogP contribution in [0.2, 0.25) is 0 Å². The van der Waals surface area contributed by atoms with Crippen LogP contribution in [0.15, 0.2) is 42.5 Å². The maximum Gasteiger partial charge on any atom is 0.341 e. The quantitative estimate of drug-likeness (QED) is 0.616. The van der Waals surface area contributed by atoms with Crippen LogP contribution in [0.5, 0.6) is 5.75 Å². The molecule has 0 saturated carbocycles. The van der Waals surface area contributed by atoms with Gasteiger partial charge in [0.2, 0.25) is 0 Å². The molecule has 1 heterocycles. The number of esters is 1. The van der Waals surface area contributed by atoms with Crippen molar-refractivity contribution in [2.45, 2.75) is 39.5 Å². The molecule has 1 atom stereocenters. The number of anilines is 1. The van der Waals surface area contributed by atoms with Crippen molar-refractivity contribution in [3.8, 4) is 5.75 Å². The van der Waals surface area contributed by atoms with Crippen molar-refractivity contribution >= 4 is 17.6 Å². The Hall–Kier alpha value is -2.90. The normalized spacial score (nSPS) is 14.0. The van der Waals surface area contributed by atoms with Crippen LogP contribution in [0.4, 0.5) is 5.69 Å². The van der Waals surface area contributed by atoms with Gasteiger partial charge in [0.1, 0.15) is 24.0 Å². The summed E-state index contributed by atoms with van der Waals surface area (Å²) < 4.78 is 10.9. The van der Waals surface area contributed by atoms with E-state index in [2.05, 4.69) is 5.32 Å². The van der Waals surface area contributed by atoms with E-state index < -0.39 is 12.1 Å². The SMILES string of the molecule is CCOC(=O)c1cc(N2Cc3ccccc3C2=O)ccc1OCC(O)CNC(C)C. The zero-order valence-electron chi connectivity index (χ0n) is 17.6. The number of aliphatic hydroxyl groups excluding tert-OH is 1. The van der Waals surface area contributed by atoms with Crippen LogP contribution in [0.3, 0.4) is 0 Å². The van der Waals surface area contributed by atoms with E-state index in [1.54, 1.807) is 36.1 Å². The maximum absolute atomic E-state index is 12.8. The first-order chi connectivity index (χ1) is 14.4. The van der Waals surface area contributed by atoms with Crippen LogP contribution in [-0.2, 0) is 11.3 Å². The zero-order chi connectivity index (χ0) is 21.7. The second kappa shape index (κ2) is 9.73. The second-order valence-electron chi connectivity index (χ2n) is 7.48. The van der Waals surface area contributed by atoms with Crippen molar-refractivity contribution in [2.75, 3.05) is 24.7 Å². The lowest BCUT2D eigenvalue weighted by Gasteiger charge is -2.20. The summed E-state index contributed by atoms with van der Waals surface area (Å²) in [7, 11) is 0. The van der Waals surface area contributed by atoms with Crippen molar-refractivity contribution in [1.82, 2.24) is 5.32 Å². The van der Waals surface area contributed by atoms with Gasteiger partial charge in [0.25, 0.3) is 5.91 Å². The summed E-state index contributed by atoms with van der Waals surface area (Å²) in [6, 6.07) is 12.7. The lowest BCUT2D eigenvalue weighted by atomic mass is 10.1. The minimum absolute atomic E-state index is 0.0273. The van der Waals surface area contributed by atoms with Crippen LogP contribution in [-0.4, -0.2) is 48.9 Å². The van der Waals surface area contributed by atoms with Gasteiger partial charge in [-0.1, -0.05) is 32.0 Å². The summed E-state index contributed by atoms with van der Waals surface area (Å²) >= 11 is 0. The molecule has 0 fully saturated rings. The molecule has 0 spiro atoms. The number of benzene rings is 2. The molecule has 0 saturated heterocycles. The zero-order valence-corrected chi connectivity index (χ0v) is 17.6. The van der Waals surface area contributed by atoms with E-state index >= 15 is 0 Å². The van der Waals surface area contributed by atoms with E-state index in [0.717, 1.165) is 5.56 Å². The first-order valence-corrected chi connectivity index (χ1v) is 10.2. The fourth-order valence-electron chi connectivity index (χ4n) is 3.26. The van der Waals surface area contributed by atoms with E-state index in [1.807, 2.05) is 32.0 Å². The van der Waals surface area contributed by atoms with Crippen LogP contribution in [0, 0.1) is 0 Å². The molecule has 3 rings (SSSR count). The molecule has 1 unspecified atom stereocenters. The smallest absolute Gasteiger partial charge is 0.341 e. The number of fused-ring (bicyclic) bond motifs is 1. The lowest BCUT2D eigenvalue weighted by Crippen LogP contribution is -2.35. The average Bonchev–Trinajstić information content (AvgIpc) is 3.07. The molecule has 0 radical (unpaired) electrons. The highest BCUT2D eigenvalue weighted by Gasteiger charge is 2.29. The molecule has 160 valence electrons. The summed E-state index contributed by atoms with van der Waals surface area (Å²) in [6.45, 7) is 6.77. The molecular formula is C23H28N2O5. The molecule has 30 heavy (non-hydrogen) atoms. The number of aliphatic hydroxyl groups is 1. The Labute approximate surface area is 176 Å². The van der Waals surface area contributed by atoms with Gasteiger partial charge in [0, 0.05) is 23.8 Å². The number of hydrogen-bond acceptors (Lipinski definition) is 6. The number of hydrogen-bond donors (Lipinski definition) is 2. The molecule has 2 aromatic rings. The molecule has 2 N–H and O–H groups in total. The summed E-state index contributed by atoms with van der Waals surface area (Å²) in [4.78, 5) is 26.9. The number of rotatable bonds is 9. The van der Waals surface area contributed by atoms with Crippen molar-refractivity contribution in [3.63, 3.8) is 0 Å². The van der Waals surface area contributed by atoms with Gasteiger partial charge < -0.3 is 24.8 Å². The third-order valence-electron chi connectivity index (χ3n) is 4.78. The number of ether oxygens (including phenoxy) is 2. The Bertz CT molecular complexity index is 912. The monoisotopic (exact) mass is 412 g/mol. The van der Waals surface area contributed by atoms with Gasteiger partial charge in [-0.3, -0.25) is 4.79 Å². The largest absolute Gasteiger partial charge is 0.490 e. The fourth-order valence-corrected chi connectivity index (χ4v) is 3.26. The van der Waals surface area contributed by atoms with Crippen LogP contribution in [0.25, 0.3) is 0 Å². The van der Waals surface area contributed by atoms with Crippen molar-refractivity contribution in [3.05, 3.63) is 59.2 Å². The van der Waals surface area contributed by atoms with Gasteiger partial charge in [-0.2, -0.15) is 0 Å². The highest BCUT2D eigenvalue weighted by Crippen LogP contribution is 2.32. The Kier molecular flexibility index (Phi) is 7.07. The molecule has 0 aromatic heterocycles. The fraction of sp³-hybridized carbons (Fsp3) is 0.391. The molecule has 1 aliphatic rings. The van der Waals surface area contributed by atoms with Gasteiger partial charge >= 0.3 is 5.97 Å². The molecule has 0 aliphatic carbocycles. The van der Waals surface area contributed by atoms with Gasteiger partial charge in [0.15, 0.2) is 0 Å². The van der Waals surface area contributed by atoms with Crippen LogP contribution in [0.1, 0.15) is 47.1 Å². The van der Waals surface area contributed by atoms with Crippen molar-refractivity contribution < 1.29 is 24.2 Å². The predicted molar refractivity (Wildman–Crippen MR) is 114 cm³/mol. The predicted octanol–water partition coefficient (Wildman–Crippen LogP) is 2.76. The first kappa shape index (κ1) is 21.8. The number of nitrogens with zero attached hydrogens (tertiary/aromatic N) is 1. The molecule has 7 nitrogen and oxygen atoms in total. The number of carbonyl (C=O) groups is 2. The second-order valence-corrected chi connectivity index (χ2v) is 7.48. The van der Waals surface area contributed by atoms with Gasteiger partial charge in [-0.15, -0.1) is 0 Å². The Morgan fingerprint density at radius 1 is 1.23 bits per heavy atom. The third-order valence-corrected chi connectivity index (χ3v) is 4.78. The van der Waals surface area contributed by atoms with Gasteiger partial charge in [0.05, 0.1) is 13.2 Å². The van der Waals surface area contributed by atoms with Crippen LogP contribution < -0.4 is 15.0 Å². The average molecular weight is 412 g/mol. The molecule has 1 amide bonds. The topological polar surface area (TPSA) is 88.1 Å². The highest BCUT2D eigenvalue weighted by atomic mass is 16.5. The summed E-state index contributed by atoms with van der Waals surface area (Å²) in [5, 5.41) is 13.2. The molecular weight excluding hydrogens is 384 g/mol. The van der Waals surface area contributed by atoms with Gasteiger partial charge in [-0.05, 0) is 36.8 Å². The lowest BCUT2D eigenvalue weighted by molar-refractivity contribution is 0.0515. The van der Waals surface area contributed by atoms with Crippen molar-refractivity contribution in [2.24, 2.45) is 0 Å². The molecule has 7 heteroatoms. The minimum atomic E-state index is -0.725. The highest BCUT2D eigenvalue weighted by molar-refractivity contribution is 6.10. The van der Waals surface area contributed by atoms with Gasteiger partial charge in [-0.25, -0.2) is 4.79 Å². The first-order valence-electron chi connectivity index (χ1n) is 10.2. The molecule has 1 aliphatic heterocycles. The Balaban J connectivity index is 1.80. The summed E-state index contributed by atoms with van der Waals surface area (Å²) in [5.74, 6) is -0.331. The van der Waals surface area contributed by atoms with Crippen molar-refractivity contribution in [1.29, 1.82) is 0 Å². The van der Waals surface area contributed by atoms with E-state index in [9.17, 15) is 14.7 Å². The van der Waals surface area contributed by atoms with E-state index in [1.165, 1.54) is 0 Å². The molecule has 0 bridgehead atoms. The Morgan fingerprint density at radius 2 is 2.00 bits per heavy atom. The Morgan fingerprint density at radius 3 is 2.70 bits per heavy atom. The van der Waals surface area contributed by atoms with E-state index in [-0.39, 0.29) is 30.7 Å². The maximum atomic E-state index is 12.8. The summed E-state index contributed by atoms with van der Waals surface area (Å²) in [6.07, 6.45) is -0.725. The number of carbonyl (C=O) groups excluding carboxylic acids is 2. The number of nitrogens with one attached hydrogen (secondary N) is 1. The van der Waals surface area contributed by atoms with Crippen LogP contribution >= 0.6 is 0 Å². The summed E-state index contributed by atoms with van der Waals surface area (Å²) in [5.41, 5.74) is 2.42. The van der Waals surface area contributed by atoms with E-state index in [4.69, 9.17) is 9.47 Å².